The summed E-state index contributed by atoms with van der Waals surface area (Å²) < 4.78 is 88.5. The number of aryl methyl sites for hydroxylation is 1. The molecule has 0 radical (unpaired) electrons. The van der Waals surface area contributed by atoms with Crippen LogP contribution in [0, 0.1) is 0 Å². The fourth-order valence-corrected chi connectivity index (χ4v) is 3.97. The number of hydrogen-bond acceptors (Lipinski definition) is 6. The Labute approximate surface area is 214 Å². The first kappa shape index (κ1) is 32.9. The van der Waals surface area contributed by atoms with E-state index in [2.05, 4.69) is 18.4 Å². The number of carboxylic acid groups (broad SMARTS) is 2. The third-order valence-electron chi connectivity index (χ3n) is 5.17. The first-order chi connectivity index (χ1) is 17.4. The lowest BCUT2D eigenvalue weighted by atomic mass is 9.90. The molecule has 0 amide bonds. The van der Waals surface area contributed by atoms with E-state index in [1.165, 1.54) is 30.4 Å². The van der Waals surface area contributed by atoms with E-state index < -0.39 is 34.1 Å². The van der Waals surface area contributed by atoms with Gasteiger partial charge in [0, 0.05) is 12.5 Å². The second-order valence-corrected chi connectivity index (χ2v) is 10.1. The maximum Gasteiger partial charge on any atom is 0.490 e. The lowest BCUT2D eigenvalue weighted by Gasteiger charge is -2.22. The Kier molecular flexibility index (Phi) is 11.8. The highest BCUT2D eigenvalue weighted by Crippen LogP contribution is 2.28. The van der Waals surface area contributed by atoms with Gasteiger partial charge in [0.1, 0.15) is 0 Å². The zero-order valence-electron chi connectivity index (χ0n) is 20.3. The summed E-state index contributed by atoms with van der Waals surface area (Å²) in [4.78, 5) is 18.1. The van der Waals surface area contributed by atoms with Gasteiger partial charge in [0.2, 0.25) is 0 Å². The molecule has 3 rings (SSSR count). The van der Waals surface area contributed by atoms with Crippen molar-refractivity contribution >= 4 is 21.8 Å². The fraction of sp³-hybridized carbons (Fsp3) is 0.500. The fourth-order valence-electron chi connectivity index (χ4n) is 3.34. The van der Waals surface area contributed by atoms with Crippen LogP contribution in [0.2, 0.25) is 0 Å². The maximum absolute atomic E-state index is 11.5. The molecule has 0 saturated carbocycles. The van der Waals surface area contributed by atoms with E-state index in [1.54, 1.807) is 12.1 Å². The summed E-state index contributed by atoms with van der Waals surface area (Å²) >= 11 is 0. The third-order valence-corrected chi connectivity index (χ3v) is 6.29. The molecule has 1 aromatic carbocycles. The summed E-state index contributed by atoms with van der Waals surface area (Å²) in [5.41, 5.74) is 3.63. The van der Waals surface area contributed by atoms with Gasteiger partial charge in [-0.05, 0) is 61.5 Å². The first-order valence-electron chi connectivity index (χ1n) is 11.0. The lowest BCUT2D eigenvalue weighted by Crippen LogP contribution is -2.26. The van der Waals surface area contributed by atoms with Gasteiger partial charge in [-0.15, -0.1) is 0 Å². The minimum atomic E-state index is -5.08. The van der Waals surface area contributed by atoms with Crippen molar-refractivity contribution < 1.29 is 54.6 Å². The Bertz CT molecular complexity index is 1150. The van der Waals surface area contributed by atoms with E-state index in [0.29, 0.717) is 17.4 Å². The molecule has 2 heterocycles. The number of hydrogen-bond donors (Lipinski definition) is 3. The maximum atomic E-state index is 11.5. The number of carbonyl (C=O) groups is 2. The summed E-state index contributed by atoms with van der Waals surface area (Å²) in [7, 11) is -3.14. The molecular formula is C22H27F6N3O6S. The number of piperidine rings is 1. The van der Waals surface area contributed by atoms with Gasteiger partial charge >= 0.3 is 24.3 Å². The third kappa shape index (κ3) is 11.1. The Hall–Kier alpha value is -3.14. The number of rotatable bonds is 5. The van der Waals surface area contributed by atoms with Crippen LogP contribution in [0.1, 0.15) is 42.5 Å². The quantitative estimate of drug-likeness (QED) is 0.460. The van der Waals surface area contributed by atoms with Crippen LogP contribution >= 0.6 is 0 Å². The minimum absolute atomic E-state index is 0.358. The molecule has 0 atom stereocenters. The van der Waals surface area contributed by atoms with Crippen molar-refractivity contribution in [3.05, 3.63) is 47.3 Å². The van der Waals surface area contributed by atoms with Gasteiger partial charge in [-0.2, -0.15) is 31.4 Å². The lowest BCUT2D eigenvalue weighted by molar-refractivity contribution is -0.193. The van der Waals surface area contributed by atoms with Crippen LogP contribution in [0.3, 0.4) is 0 Å². The summed E-state index contributed by atoms with van der Waals surface area (Å²) in [5.74, 6) is -4.91. The van der Waals surface area contributed by atoms with Crippen molar-refractivity contribution in [2.75, 3.05) is 19.3 Å². The molecule has 1 fully saturated rings. The molecule has 9 nitrogen and oxygen atoms in total. The Morgan fingerprint density at radius 3 is 1.82 bits per heavy atom. The van der Waals surface area contributed by atoms with Crippen LogP contribution in [0.25, 0.3) is 0 Å². The molecule has 1 aliphatic heterocycles. The van der Waals surface area contributed by atoms with Gasteiger partial charge in [-0.1, -0.05) is 19.1 Å². The largest absolute Gasteiger partial charge is 0.490 e. The molecule has 1 aliphatic rings. The second-order valence-electron chi connectivity index (χ2n) is 8.13. The van der Waals surface area contributed by atoms with Crippen LogP contribution in [0.15, 0.2) is 35.4 Å². The van der Waals surface area contributed by atoms with Crippen LogP contribution in [0.4, 0.5) is 26.3 Å². The molecule has 1 aromatic heterocycles. The number of aliphatic carboxylic acids is 2. The van der Waals surface area contributed by atoms with E-state index >= 15 is 0 Å². The number of alkyl halides is 6. The summed E-state index contributed by atoms with van der Waals surface area (Å²) in [6.07, 6.45) is -3.48. The van der Waals surface area contributed by atoms with Crippen molar-refractivity contribution in [1.82, 2.24) is 15.1 Å². The van der Waals surface area contributed by atoms with Crippen molar-refractivity contribution in [2.45, 2.75) is 55.9 Å². The highest BCUT2D eigenvalue weighted by atomic mass is 32.2. The van der Waals surface area contributed by atoms with Gasteiger partial charge in [0.25, 0.3) is 0 Å². The highest BCUT2D eigenvalue weighted by molar-refractivity contribution is 7.90. The van der Waals surface area contributed by atoms with Crippen LogP contribution in [-0.2, 0) is 32.4 Å². The van der Waals surface area contributed by atoms with E-state index in [-0.39, 0.29) is 0 Å². The van der Waals surface area contributed by atoms with Crippen LogP contribution < -0.4 is 5.32 Å². The van der Waals surface area contributed by atoms with Gasteiger partial charge < -0.3 is 15.5 Å². The SMILES string of the molecule is CCc1nn(Cc2ccc(S(C)(=O)=O)cc2)cc1C1CCNCC1.O=C(O)C(F)(F)F.O=C(O)C(F)(F)F. The molecule has 38 heavy (non-hydrogen) atoms. The zero-order chi connectivity index (χ0) is 29.3. The van der Waals surface area contributed by atoms with E-state index in [0.717, 1.165) is 25.1 Å². The minimum Gasteiger partial charge on any atom is -0.475 e. The smallest absolute Gasteiger partial charge is 0.475 e. The van der Waals surface area contributed by atoms with Gasteiger partial charge in [-0.25, -0.2) is 18.0 Å². The molecule has 3 N–H and O–H groups in total. The number of aromatic nitrogens is 2. The van der Waals surface area contributed by atoms with Gasteiger partial charge in [-0.3, -0.25) is 4.68 Å². The number of benzene rings is 1. The van der Waals surface area contributed by atoms with Crippen LogP contribution in [0.5, 0.6) is 0 Å². The average molecular weight is 576 g/mol. The highest BCUT2D eigenvalue weighted by Gasteiger charge is 2.38. The molecular weight excluding hydrogens is 548 g/mol. The molecule has 0 bridgehead atoms. The van der Waals surface area contributed by atoms with Crippen LogP contribution in [-0.4, -0.2) is 72.0 Å². The molecule has 0 spiro atoms. The number of sulfone groups is 1. The Morgan fingerprint density at radius 1 is 1.00 bits per heavy atom. The monoisotopic (exact) mass is 575 g/mol. The van der Waals surface area contributed by atoms with E-state index in [9.17, 15) is 34.8 Å². The van der Waals surface area contributed by atoms with E-state index in [4.69, 9.17) is 24.9 Å². The summed E-state index contributed by atoms with van der Waals surface area (Å²) in [6, 6.07) is 7.08. The number of nitrogens with one attached hydrogen (secondary N) is 1. The number of halogens is 6. The predicted molar refractivity (Wildman–Crippen MR) is 122 cm³/mol. The number of carboxylic acids is 2. The standard InChI is InChI=1S/C18H25N3O2S.2C2HF3O2/c1-3-18-17(15-8-10-19-11-9-15)13-21(20-18)12-14-4-6-16(7-5-14)24(2,22)23;2*3-2(4,5)1(6)7/h4-7,13,15,19H,3,8-12H2,1-2H3;2*(H,6,7). The second kappa shape index (κ2) is 13.6. The normalized spacial score (nSPS) is 14.5. The average Bonchev–Trinajstić information content (AvgIpc) is 3.22. The Balaban J connectivity index is 0.000000426. The molecule has 0 unspecified atom stereocenters. The van der Waals surface area contributed by atoms with Gasteiger partial charge in [0.15, 0.2) is 9.84 Å². The van der Waals surface area contributed by atoms with Crippen molar-refractivity contribution in [3.8, 4) is 0 Å². The molecule has 214 valence electrons. The summed E-state index contributed by atoms with van der Waals surface area (Å²) in [6.45, 7) is 4.97. The number of nitrogens with zero attached hydrogens (tertiary/aromatic N) is 2. The molecule has 0 aliphatic carbocycles. The van der Waals surface area contributed by atoms with Gasteiger partial charge in [0.05, 0.1) is 17.1 Å². The molecule has 1 saturated heterocycles. The van der Waals surface area contributed by atoms with Crippen molar-refractivity contribution in [1.29, 1.82) is 0 Å². The molecule has 2 aromatic rings. The first-order valence-corrected chi connectivity index (χ1v) is 12.9. The predicted octanol–water partition coefficient (Wildman–Crippen LogP) is 3.63. The zero-order valence-corrected chi connectivity index (χ0v) is 21.1. The summed E-state index contributed by atoms with van der Waals surface area (Å²) in [5, 5.41) is 22.4. The topological polar surface area (TPSA) is 139 Å². The Morgan fingerprint density at radius 2 is 1.45 bits per heavy atom. The van der Waals surface area contributed by atoms with E-state index in [1.807, 2.05) is 16.8 Å². The van der Waals surface area contributed by atoms with Crippen molar-refractivity contribution in [3.63, 3.8) is 0 Å². The molecule has 16 heteroatoms. The van der Waals surface area contributed by atoms with Crippen molar-refractivity contribution in [2.24, 2.45) is 0 Å².